The first-order chi connectivity index (χ1) is 9.97. The van der Waals surface area contributed by atoms with Gasteiger partial charge in [-0.15, -0.1) is 0 Å². The first-order valence-electron chi connectivity index (χ1n) is 6.53. The van der Waals surface area contributed by atoms with Gasteiger partial charge in [-0.25, -0.2) is 9.97 Å². The molecule has 0 unspecified atom stereocenters. The number of nitrogen functional groups attached to an aromatic ring is 1. The molecule has 3 rings (SSSR count). The summed E-state index contributed by atoms with van der Waals surface area (Å²) in [5.74, 6) is 0.223. The zero-order valence-electron chi connectivity index (χ0n) is 12.1. The number of halogens is 1. The van der Waals surface area contributed by atoms with Crippen molar-refractivity contribution in [2.75, 3.05) is 5.73 Å². The van der Waals surface area contributed by atoms with Gasteiger partial charge in [0.25, 0.3) is 0 Å². The first-order valence-corrected chi connectivity index (χ1v) is 7.32. The van der Waals surface area contributed by atoms with Crippen molar-refractivity contribution in [2.45, 2.75) is 27.3 Å². The number of fused-ring (bicyclic) bond motifs is 1. The van der Waals surface area contributed by atoms with E-state index in [1.165, 1.54) is 16.7 Å². The number of hydrogen-bond donors (Lipinski definition) is 1. The van der Waals surface area contributed by atoms with Crippen molar-refractivity contribution in [3.63, 3.8) is 0 Å². The fourth-order valence-electron chi connectivity index (χ4n) is 2.24. The van der Waals surface area contributed by atoms with Crippen LogP contribution in [0.15, 0.2) is 17.1 Å². The van der Waals surface area contributed by atoms with E-state index in [9.17, 15) is 0 Å². The second kappa shape index (κ2) is 5.07. The molecule has 0 saturated carbocycles. The van der Waals surface area contributed by atoms with Crippen LogP contribution in [0.3, 0.4) is 0 Å². The summed E-state index contributed by atoms with van der Waals surface area (Å²) >= 11 is 3.36. The van der Waals surface area contributed by atoms with Crippen LogP contribution in [0.1, 0.15) is 22.4 Å². The minimum Gasteiger partial charge on any atom is -0.368 e. The Labute approximate surface area is 130 Å². The molecular formula is C14H15BrN6. The molecule has 2 N–H and O–H groups in total. The largest absolute Gasteiger partial charge is 0.368 e. The van der Waals surface area contributed by atoms with Crippen molar-refractivity contribution < 1.29 is 0 Å². The second-order valence-electron chi connectivity index (χ2n) is 5.06. The molecule has 6 nitrogen and oxygen atoms in total. The smallest absolute Gasteiger partial charge is 0.223 e. The molecule has 7 heteroatoms. The fourth-order valence-corrected chi connectivity index (χ4v) is 2.70. The summed E-state index contributed by atoms with van der Waals surface area (Å²) in [6, 6.07) is 0. The molecule has 0 radical (unpaired) electrons. The number of pyridine rings is 1. The van der Waals surface area contributed by atoms with Gasteiger partial charge in [-0.1, -0.05) is 0 Å². The Balaban J connectivity index is 2.09. The highest BCUT2D eigenvalue weighted by atomic mass is 79.9. The van der Waals surface area contributed by atoms with Crippen LogP contribution in [0.2, 0.25) is 0 Å². The Morgan fingerprint density at radius 1 is 1.14 bits per heavy atom. The van der Waals surface area contributed by atoms with Crippen LogP contribution in [-0.4, -0.2) is 24.5 Å². The zero-order chi connectivity index (χ0) is 15.1. The lowest BCUT2D eigenvalue weighted by Gasteiger charge is -2.11. The summed E-state index contributed by atoms with van der Waals surface area (Å²) in [4.78, 5) is 17.2. The number of aromatic nitrogens is 5. The normalized spacial score (nSPS) is 11.2. The molecule has 0 spiro atoms. The molecular weight excluding hydrogens is 332 g/mol. The summed E-state index contributed by atoms with van der Waals surface area (Å²) in [5.41, 5.74) is 11.8. The molecule has 0 saturated heterocycles. The average molecular weight is 347 g/mol. The summed E-state index contributed by atoms with van der Waals surface area (Å²) in [5, 5.41) is 0. The number of anilines is 1. The Morgan fingerprint density at radius 3 is 2.67 bits per heavy atom. The van der Waals surface area contributed by atoms with Crippen LogP contribution in [-0.2, 0) is 6.54 Å². The molecule has 3 aromatic heterocycles. The number of aryl methyl sites for hydroxylation is 1. The summed E-state index contributed by atoms with van der Waals surface area (Å²) in [6.07, 6.45) is 3.63. The van der Waals surface area contributed by atoms with E-state index in [0.29, 0.717) is 22.3 Å². The van der Waals surface area contributed by atoms with E-state index >= 15 is 0 Å². The van der Waals surface area contributed by atoms with Crippen LogP contribution in [0.5, 0.6) is 0 Å². The highest BCUT2D eigenvalue weighted by molar-refractivity contribution is 9.10. The molecule has 0 aliphatic heterocycles. The highest BCUT2D eigenvalue weighted by Crippen LogP contribution is 2.22. The van der Waals surface area contributed by atoms with Crippen molar-refractivity contribution >= 4 is 33.0 Å². The van der Waals surface area contributed by atoms with Gasteiger partial charge >= 0.3 is 0 Å². The highest BCUT2D eigenvalue weighted by Gasteiger charge is 2.12. The second-order valence-corrected chi connectivity index (χ2v) is 5.81. The van der Waals surface area contributed by atoms with Crippen molar-refractivity contribution in [1.29, 1.82) is 0 Å². The molecule has 0 amide bonds. The lowest BCUT2D eigenvalue weighted by Crippen LogP contribution is -2.06. The van der Waals surface area contributed by atoms with Crippen LogP contribution in [0, 0.1) is 20.8 Å². The third kappa shape index (κ3) is 2.37. The maximum Gasteiger partial charge on any atom is 0.223 e. The van der Waals surface area contributed by atoms with E-state index in [4.69, 9.17) is 5.73 Å². The van der Waals surface area contributed by atoms with Crippen LogP contribution < -0.4 is 5.73 Å². The molecule has 0 aliphatic carbocycles. The molecule has 0 fully saturated rings. The molecule has 3 heterocycles. The lowest BCUT2D eigenvalue weighted by atomic mass is 10.0. The van der Waals surface area contributed by atoms with Crippen LogP contribution in [0.25, 0.3) is 11.2 Å². The van der Waals surface area contributed by atoms with Crippen LogP contribution >= 0.6 is 15.9 Å². The standard InChI is InChI=1S/C14H15BrN6/c1-7-4-17-10(9(3)8(7)2)5-21-6-18-11-12(15)19-14(16)20-13(11)21/h4,6H,5H2,1-3H3,(H2,16,19,20). The third-order valence-corrected chi connectivity index (χ3v) is 4.31. The lowest BCUT2D eigenvalue weighted by molar-refractivity contribution is 0.778. The Hall–Kier alpha value is -2.02. The Morgan fingerprint density at radius 2 is 1.90 bits per heavy atom. The predicted octanol–water partition coefficient (Wildman–Crippen LogP) is 2.54. The van der Waals surface area contributed by atoms with Gasteiger partial charge in [0.2, 0.25) is 5.95 Å². The summed E-state index contributed by atoms with van der Waals surface area (Å²) < 4.78 is 2.54. The van der Waals surface area contributed by atoms with Crippen molar-refractivity contribution in [1.82, 2.24) is 24.5 Å². The minimum atomic E-state index is 0.223. The predicted molar refractivity (Wildman–Crippen MR) is 85.0 cm³/mol. The average Bonchev–Trinajstić information content (AvgIpc) is 2.83. The zero-order valence-corrected chi connectivity index (χ0v) is 13.6. The maximum atomic E-state index is 5.71. The molecule has 0 atom stereocenters. The third-order valence-electron chi connectivity index (χ3n) is 3.76. The number of rotatable bonds is 2. The first kappa shape index (κ1) is 13.9. The number of hydrogen-bond acceptors (Lipinski definition) is 5. The Bertz CT molecular complexity index is 839. The molecule has 3 aromatic rings. The molecule has 21 heavy (non-hydrogen) atoms. The molecule has 108 valence electrons. The number of imidazole rings is 1. The van der Waals surface area contributed by atoms with Gasteiger partial charge in [0.15, 0.2) is 5.65 Å². The van der Waals surface area contributed by atoms with E-state index in [1.807, 2.05) is 10.8 Å². The van der Waals surface area contributed by atoms with Gasteiger partial charge in [-0.05, 0) is 53.4 Å². The SMILES string of the molecule is Cc1cnc(Cn2cnc3c(Br)nc(N)nc32)c(C)c1C. The van der Waals surface area contributed by atoms with E-state index in [0.717, 1.165) is 5.69 Å². The van der Waals surface area contributed by atoms with Gasteiger partial charge in [0.1, 0.15) is 10.1 Å². The van der Waals surface area contributed by atoms with Gasteiger partial charge in [0, 0.05) is 6.20 Å². The molecule has 0 aromatic carbocycles. The van der Waals surface area contributed by atoms with Gasteiger partial charge in [-0.2, -0.15) is 4.98 Å². The summed E-state index contributed by atoms with van der Waals surface area (Å²) in [6.45, 7) is 6.87. The van der Waals surface area contributed by atoms with E-state index in [-0.39, 0.29) is 5.95 Å². The quantitative estimate of drug-likeness (QED) is 0.721. The van der Waals surface area contributed by atoms with Crippen LogP contribution in [0.4, 0.5) is 5.95 Å². The van der Waals surface area contributed by atoms with Crippen molar-refractivity contribution in [2.24, 2.45) is 0 Å². The minimum absolute atomic E-state index is 0.223. The molecule has 0 aliphatic rings. The van der Waals surface area contributed by atoms with E-state index in [2.05, 4.69) is 56.6 Å². The van der Waals surface area contributed by atoms with E-state index in [1.54, 1.807) is 6.33 Å². The van der Waals surface area contributed by atoms with Crippen molar-refractivity contribution in [3.8, 4) is 0 Å². The fraction of sp³-hybridized carbons (Fsp3) is 0.286. The Kier molecular flexibility index (Phi) is 3.36. The topological polar surface area (TPSA) is 82.5 Å². The van der Waals surface area contributed by atoms with Gasteiger partial charge in [0.05, 0.1) is 18.6 Å². The summed E-state index contributed by atoms with van der Waals surface area (Å²) in [7, 11) is 0. The van der Waals surface area contributed by atoms with E-state index < -0.39 is 0 Å². The van der Waals surface area contributed by atoms with Crippen molar-refractivity contribution in [3.05, 3.63) is 39.5 Å². The maximum absolute atomic E-state index is 5.71. The number of nitrogens with two attached hydrogens (primary N) is 1. The number of nitrogens with zero attached hydrogens (tertiary/aromatic N) is 5. The van der Waals surface area contributed by atoms with Gasteiger partial charge < -0.3 is 10.3 Å². The monoisotopic (exact) mass is 346 g/mol. The molecule has 0 bridgehead atoms. The van der Waals surface area contributed by atoms with Gasteiger partial charge in [-0.3, -0.25) is 4.98 Å².